The molecule has 102 valence electrons. The predicted octanol–water partition coefficient (Wildman–Crippen LogP) is 2.27. The average Bonchev–Trinajstić information content (AvgIpc) is 2.70. The molecule has 1 aromatic heterocycles. The Kier molecular flexibility index (Phi) is 3.90. The number of hydrogen-bond acceptors (Lipinski definition) is 2. The van der Waals surface area contributed by atoms with Crippen molar-refractivity contribution in [2.45, 2.75) is 33.2 Å². The van der Waals surface area contributed by atoms with Crippen LogP contribution in [0.15, 0.2) is 18.3 Å². The molecule has 0 unspecified atom stereocenters. The van der Waals surface area contributed by atoms with Gasteiger partial charge in [-0.2, -0.15) is 0 Å². The lowest BCUT2D eigenvalue weighted by Gasteiger charge is -2.06. The van der Waals surface area contributed by atoms with Crippen LogP contribution in [-0.2, 0) is 17.8 Å². The maximum Gasteiger partial charge on any atom is 0.323 e. The number of aliphatic hydroxyl groups excluding tert-OH is 1. The summed E-state index contributed by atoms with van der Waals surface area (Å²) in [4.78, 5) is 11.0. The van der Waals surface area contributed by atoms with Gasteiger partial charge in [0.15, 0.2) is 0 Å². The largest absolute Gasteiger partial charge is 0.480 e. The van der Waals surface area contributed by atoms with E-state index in [9.17, 15) is 4.79 Å². The Hall–Kier alpha value is -1.81. The van der Waals surface area contributed by atoms with Crippen LogP contribution in [0.1, 0.15) is 23.1 Å². The smallest absolute Gasteiger partial charge is 0.323 e. The fraction of sp³-hybridized carbons (Fsp3) is 0.400. The highest BCUT2D eigenvalue weighted by Gasteiger charge is 2.14. The van der Waals surface area contributed by atoms with E-state index in [1.807, 2.05) is 26.1 Å². The summed E-state index contributed by atoms with van der Waals surface area (Å²) in [6.07, 6.45) is 3.37. The van der Waals surface area contributed by atoms with Crippen LogP contribution in [0.4, 0.5) is 0 Å². The number of rotatable bonds is 5. The van der Waals surface area contributed by atoms with E-state index < -0.39 is 5.97 Å². The topological polar surface area (TPSA) is 62.5 Å². The first-order valence-corrected chi connectivity index (χ1v) is 6.45. The first kappa shape index (κ1) is 13.6. The number of hydrogen-bond donors (Lipinski definition) is 2. The summed E-state index contributed by atoms with van der Waals surface area (Å²) in [7, 11) is 0. The maximum atomic E-state index is 11.0. The Labute approximate surface area is 112 Å². The third-order valence-corrected chi connectivity index (χ3v) is 3.42. The Morgan fingerprint density at radius 2 is 1.95 bits per heavy atom. The second-order valence-corrected chi connectivity index (χ2v) is 4.93. The molecule has 1 aromatic carbocycles. The molecule has 2 rings (SSSR count). The molecular formula is C15H19NO3. The molecule has 0 atom stereocenters. The van der Waals surface area contributed by atoms with Gasteiger partial charge in [-0.25, -0.2) is 0 Å². The molecule has 4 heteroatoms. The zero-order valence-corrected chi connectivity index (χ0v) is 11.3. The number of fused-ring (bicyclic) bond motifs is 1. The molecule has 0 radical (unpaired) electrons. The molecule has 1 heterocycles. The van der Waals surface area contributed by atoms with Crippen molar-refractivity contribution in [3.05, 3.63) is 35.0 Å². The fourth-order valence-electron chi connectivity index (χ4n) is 2.62. The molecule has 2 aromatic rings. The molecule has 0 aliphatic carbocycles. The zero-order chi connectivity index (χ0) is 14.0. The van der Waals surface area contributed by atoms with Gasteiger partial charge in [-0.3, -0.25) is 4.79 Å². The number of carboxylic acid groups (broad SMARTS) is 1. The highest BCUT2D eigenvalue weighted by molar-refractivity contribution is 5.90. The van der Waals surface area contributed by atoms with Gasteiger partial charge in [0, 0.05) is 18.2 Å². The van der Waals surface area contributed by atoms with Crippen LogP contribution < -0.4 is 0 Å². The van der Waals surface area contributed by atoms with Crippen LogP contribution in [0, 0.1) is 13.8 Å². The van der Waals surface area contributed by atoms with Crippen LogP contribution in [0.2, 0.25) is 0 Å². The molecule has 0 aliphatic rings. The van der Waals surface area contributed by atoms with Gasteiger partial charge in [0.05, 0.1) is 5.52 Å². The number of benzene rings is 1. The highest BCUT2D eigenvalue weighted by atomic mass is 16.4. The number of carbonyl (C=O) groups is 1. The van der Waals surface area contributed by atoms with Crippen molar-refractivity contribution in [3.63, 3.8) is 0 Å². The van der Waals surface area contributed by atoms with E-state index in [1.165, 1.54) is 0 Å². The lowest BCUT2D eigenvalue weighted by Crippen LogP contribution is -2.08. The first-order chi connectivity index (χ1) is 9.04. The van der Waals surface area contributed by atoms with Crippen LogP contribution in [0.3, 0.4) is 0 Å². The van der Waals surface area contributed by atoms with Gasteiger partial charge in [-0.05, 0) is 43.4 Å². The SMILES string of the molecule is Cc1ccc(C)c2c1c(CCCO)cn2CC(=O)O. The molecule has 2 N–H and O–H groups in total. The fourth-order valence-corrected chi connectivity index (χ4v) is 2.62. The molecule has 19 heavy (non-hydrogen) atoms. The van der Waals surface area contributed by atoms with Gasteiger partial charge >= 0.3 is 5.97 Å². The number of nitrogens with zero attached hydrogens (tertiary/aromatic N) is 1. The first-order valence-electron chi connectivity index (χ1n) is 6.45. The minimum absolute atomic E-state index is 0.0279. The second kappa shape index (κ2) is 5.45. The Morgan fingerprint density at radius 3 is 2.58 bits per heavy atom. The van der Waals surface area contributed by atoms with Gasteiger partial charge in [0.1, 0.15) is 6.54 Å². The van der Waals surface area contributed by atoms with Gasteiger partial charge in [0.25, 0.3) is 0 Å². The van der Waals surface area contributed by atoms with Gasteiger partial charge in [-0.15, -0.1) is 0 Å². The molecular weight excluding hydrogens is 242 g/mol. The second-order valence-electron chi connectivity index (χ2n) is 4.93. The lowest BCUT2D eigenvalue weighted by molar-refractivity contribution is -0.137. The van der Waals surface area contributed by atoms with E-state index >= 15 is 0 Å². The molecule has 4 nitrogen and oxygen atoms in total. The predicted molar refractivity (Wildman–Crippen MR) is 74.5 cm³/mol. The molecule has 0 saturated carbocycles. The quantitative estimate of drug-likeness (QED) is 0.868. The molecule has 0 bridgehead atoms. The number of carboxylic acids is 1. The summed E-state index contributed by atoms with van der Waals surface area (Å²) < 4.78 is 1.80. The van der Waals surface area contributed by atoms with Crippen LogP contribution in [-0.4, -0.2) is 27.4 Å². The van der Waals surface area contributed by atoms with E-state index in [0.717, 1.165) is 34.0 Å². The van der Waals surface area contributed by atoms with Gasteiger partial charge in [-0.1, -0.05) is 12.1 Å². The summed E-state index contributed by atoms with van der Waals surface area (Å²) in [5.74, 6) is -0.841. The van der Waals surface area contributed by atoms with Crippen molar-refractivity contribution in [1.29, 1.82) is 0 Å². The third kappa shape index (κ3) is 2.63. The molecule has 0 spiro atoms. The van der Waals surface area contributed by atoms with E-state index in [1.54, 1.807) is 4.57 Å². The Bertz CT molecular complexity index is 613. The van der Waals surface area contributed by atoms with E-state index in [2.05, 4.69) is 6.07 Å². The minimum Gasteiger partial charge on any atom is -0.480 e. The van der Waals surface area contributed by atoms with E-state index in [-0.39, 0.29) is 13.2 Å². The van der Waals surface area contributed by atoms with Crippen molar-refractivity contribution < 1.29 is 15.0 Å². The number of aliphatic hydroxyl groups is 1. The van der Waals surface area contributed by atoms with Crippen molar-refractivity contribution >= 4 is 16.9 Å². The summed E-state index contributed by atoms with van der Waals surface area (Å²) in [5.41, 5.74) is 4.34. The van der Waals surface area contributed by atoms with E-state index in [4.69, 9.17) is 10.2 Å². The highest BCUT2D eigenvalue weighted by Crippen LogP contribution is 2.28. The maximum absolute atomic E-state index is 11.0. The number of aryl methyl sites for hydroxylation is 3. The summed E-state index contributed by atoms with van der Waals surface area (Å²) >= 11 is 0. The summed E-state index contributed by atoms with van der Waals surface area (Å²) in [6.45, 7) is 4.15. The Balaban J connectivity index is 2.62. The normalized spacial score (nSPS) is 11.1. The number of aliphatic carboxylic acids is 1. The number of aromatic nitrogens is 1. The van der Waals surface area contributed by atoms with Crippen molar-refractivity contribution in [1.82, 2.24) is 4.57 Å². The average molecular weight is 261 g/mol. The zero-order valence-electron chi connectivity index (χ0n) is 11.3. The van der Waals surface area contributed by atoms with Crippen LogP contribution >= 0.6 is 0 Å². The summed E-state index contributed by atoms with van der Waals surface area (Å²) in [6, 6.07) is 4.08. The van der Waals surface area contributed by atoms with Gasteiger partial charge < -0.3 is 14.8 Å². The standard InChI is InChI=1S/C15H19NO3/c1-10-5-6-11(2)15-14(10)12(4-3-7-17)8-16(15)9-13(18)19/h5-6,8,17H,3-4,7,9H2,1-2H3,(H,18,19). The van der Waals surface area contributed by atoms with Crippen molar-refractivity contribution in [2.24, 2.45) is 0 Å². The molecule has 0 amide bonds. The minimum atomic E-state index is -0.841. The van der Waals surface area contributed by atoms with Crippen LogP contribution in [0.25, 0.3) is 10.9 Å². The van der Waals surface area contributed by atoms with Crippen molar-refractivity contribution in [2.75, 3.05) is 6.61 Å². The monoisotopic (exact) mass is 261 g/mol. The lowest BCUT2D eigenvalue weighted by atomic mass is 10.0. The van der Waals surface area contributed by atoms with Crippen molar-refractivity contribution in [3.8, 4) is 0 Å². The van der Waals surface area contributed by atoms with Crippen LogP contribution in [0.5, 0.6) is 0 Å². The molecule has 0 saturated heterocycles. The van der Waals surface area contributed by atoms with E-state index in [0.29, 0.717) is 6.42 Å². The Morgan fingerprint density at radius 1 is 1.26 bits per heavy atom. The summed E-state index contributed by atoms with van der Waals surface area (Å²) in [5, 5.41) is 19.1. The molecule has 0 aliphatic heterocycles. The third-order valence-electron chi connectivity index (χ3n) is 3.42. The molecule has 0 fully saturated rings. The van der Waals surface area contributed by atoms with Gasteiger partial charge in [0.2, 0.25) is 0 Å².